The highest BCUT2D eigenvalue weighted by atomic mass is 35.5. The van der Waals surface area contributed by atoms with E-state index in [4.69, 9.17) is 32.7 Å². The van der Waals surface area contributed by atoms with E-state index in [2.05, 4.69) is 37.4 Å². The van der Waals surface area contributed by atoms with Gasteiger partial charge in [0.25, 0.3) is 0 Å². The van der Waals surface area contributed by atoms with Gasteiger partial charge in [-0.15, -0.1) is 0 Å². The van der Waals surface area contributed by atoms with Gasteiger partial charge in [-0.2, -0.15) is 0 Å². The summed E-state index contributed by atoms with van der Waals surface area (Å²) >= 11 is 12.5. The molecule has 0 aliphatic carbocycles. The zero-order valence-corrected chi connectivity index (χ0v) is 18.4. The van der Waals surface area contributed by atoms with Crippen LogP contribution in [0.25, 0.3) is 0 Å². The largest absolute Gasteiger partial charge is 0.490 e. The van der Waals surface area contributed by atoms with E-state index in [1.165, 1.54) is 11.1 Å². The van der Waals surface area contributed by atoms with E-state index < -0.39 is 0 Å². The molecule has 0 aliphatic heterocycles. The maximum Gasteiger partial charge on any atom is 0.180 e. The van der Waals surface area contributed by atoms with Crippen molar-refractivity contribution in [3.05, 3.63) is 86.9 Å². The summed E-state index contributed by atoms with van der Waals surface area (Å²) in [7, 11) is 0. The Morgan fingerprint density at radius 1 is 0.828 bits per heavy atom. The van der Waals surface area contributed by atoms with Crippen molar-refractivity contribution in [1.29, 1.82) is 0 Å². The zero-order chi connectivity index (χ0) is 20.8. The molecule has 0 heterocycles. The molecule has 0 bridgehead atoms. The van der Waals surface area contributed by atoms with Crippen LogP contribution in [0.2, 0.25) is 10.0 Å². The molecule has 3 rings (SSSR count). The number of hydrogen-bond acceptors (Lipinski definition) is 3. The minimum absolute atomic E-state index is 0.386. The summed E-state index contributed by atoms with van der Waals surface area (Å²) in [5.74, 6) is 1.20. The van der Waals surface area contributed by atoms with Crippen LogP contribution in [-0.2, 0) is 13.2 Å². The number of rotatable bonds is 8. The molecule has 0 spiro atoms. The van der Waals surface area contributed by atoms with Gasteiger partial charge in [-0.1, -0.05) is 41.4 Å². The first kappa shape index (κ1) is 21.4. The van der Waals surface area contributed by atoms with Crippen LogP contribution in [0.5, 0.6) is 11.5 Å². The van der Waals surface area contributed by atoms with Crippen LogP contribution in [0.4, 0.5) is 5.69 Å². The van der Waals surface area contributed by atoms with Crippen LogP contribution < -0.4 is 14.8 Å². The molecule has 0 aliphatic rings. The van der Waals surface area contributed by atoms with E-state index >= 15 is 0 Å². The SMILES string of the molecule is CCOc1cc(CNc2ccc(C)c(C)c2)cc(Cl)c1OCc1ccc(Cl)cc1. The molecule has 0 atom stereocenters. The fourth-order valence-electron chi connectivity index (χ4n) is 2.92. The molecule has 5 heteroatoms. The van der Waals surface area contributed by atoms with Gasteiger partial charge < -0.3 is 14.8 Å². The van der Waals surface area contributed by atoms with Crippen molar-refractivity contribution < 1.29 is 9.47 Å². The Balaban J connectivity index is 1.74. The summed E-state index contributed by atoms with van der Waals surface area (Å²) in [4.78, 5) is 0. The second kappa shape index (κ2) is 9.91. The first-order valence-corrected chi connectivity index (χ1v) is 10.4. The zero-order valence-electron chi connectivity index (χ0n) is 16.9. The number of nitrogens with one attached hydrogen (secondary N) is 1. The van der Waals surface area contributed by atoms with Gasteiger partial charge in [-0.05, 0) is 79.4 Å². The second-order valence-electron chi connectivity index (χ2n) is 6.91. The topological polar surface area (TPSA) is 30.5 Å². The number of anilines is 1. The molecule has 0 saturated carbocycles. The van der Waals surface area contributed by atoms with Crippen molar-refractivity contribution in [2.75, 3.05) is 11.9 Å². The Kier molecular flexibility index (Phi) is 7.29. The van der Waals surface area contributed by atoms with Gasteiger partial charge in [-0.3, -0.25) is 0 Å². The lowest BCUT2D eigenvalue weighted by atomic mass is 10.1. The van der Waals surface area contributed by atoms with E-state index in [-0.39, 0.29) is 0 Å². The molecule has 0 saturated heterocycles. The number of hydrogen-bond donors (Lipinski definition) is 1. The highest BCUT2D eigenvalue weighted by Gasteiger charge is 2.13. The third kappa shape index (κ3) is 5.81. The van der Waals surface area contributed by atoms with E-state index in [1.807, 2.05) is 43.3 Å². The quantitative estimate of drug-likeness (QED) is 0.410. The van der Waals surface area contributed by atoms with E-state index in [0.717, 1.165) is 16.8 Å². The summed E-state index contributed by atoms with van der Waals surface area (Å²) in [6.45, 7) is 7.71. The van der Waals surface area contributed by atoms with Gasteiger partial charge in [0.2, 0.25) is 0 Å². The summed E-state index contributed by atoms with van der Waals surface area (Å²) in [6.07, 6.45) is 0. The normalized spacial score (nSPS) is 10.7. The van der Waals surface area contributed by atoms with Gasteiger partial charge in [0, 0.05) is 17.3 Å². The van der Waals surface area contributed by atoms with Gasteiger partial charge >= 0.3 is 0 Å². The molecule has 0 aromatic heterocycles. The van der Waals surface area contributed by atoms with Crippen molar-refractivity contribution in [2.45, 2.75) is 33.9 Å². The average molecular weight is 430 g/mol. The molecule has 0 fully saturated rings. The second-order valence-corrected chi connectivity index (χ2v) is 7.75. The Bertz CT molecular complexity index is 971. The Morgan fingerprint density at radius 3 is 2.28 bits per heavy atom. The van der Waals surface area contributed by atoms with Crippen LogP contribution in [-0.4, -0.2) is 6.61 Å². The molecular formula is C24H25Cl2NO2. The fraction of sp³-hybridized carbons (Fsp3) is 0.250. The minimum Gasteiger partial charge on any atom is -0.490 e. The molecule has 3 aromatic rings. The van der Waals surface area contributed by atoms with E-state index in [9.17, 15) is 0 Å². The van der Waals surface area contributed by atoms with Crippen molar-refractivity contribution in [3.63, 3.8) is 0 Å². The van der Waals surface area contributed by atoms with E-state index in [0.29, 0.717) is 41.3 Å². The number of halogens is 2. The Hall–Kier alpha value is -2.36. The van der Waals surface area contributed by atoms with Crippen LogP contribution >= 0.6 is 23.2 Å². The molecule has 0 radical (unpaired) electrons. The average Bonchev–Trinajstić information content (AvgIpc) is 2.70. The maximum atomic E-state index is 6.54. The van der Waals surface area contributed by atoms with Gasteiger partial charge in [-0.25, -0.2) is 0 Å². The molecule has 1 N–H and O–H groups in total. The fourth-order valence-corrected chi connectivity index (χ4v) is 3.33. The summed E-state index contributed by atoms with van der Waals surface area (Å²) in [5, 5.41) is 4.67. The van der Waals surface area contributed by atoms with Gasteiger partial charge in [0.1, 0.15) is 6.61 Å². The standard InChI is InChI=1S/C24H25Cl2NO2/c1-4-28-23-13-19(14-27-21-10-5-16(2)17(3)11-21)12-22(26)24(23)29-15-18-6-8-20(25)9-7-18/h5-13,27H,4,14-15H2,1-3H3. The predicted molar refractivity (Wildman–Crippen MR) is 122 cm³/mol. The van der Waals surface area contributed by atoms with Crippen molar-refractivity contribution in [1.82, 2.24) is 0 Å². The number of aryl methyl sites for hydroxylation is 2. The Morgan fingerprint density at radius 2 is 1.59 bits per heavy atom. The summed E-state index contributed by atoms with van der Waals surface area (Å²) < 4.78 is 11.8. The molecule has 152 valence electrons. The first-order chi connectivity index (χ1) is 14.0. The van der Waals surface area contributed by atoms with Crippen LogP contribution in [0.15, 0.2) is 54.6 Å². The Labute approximate surface area is 182 Å². The summed E-state index contributed by atoms with van der Waals surface area (Å²) in [5.41, 5.74) is 5.64. The summed E-state index contributed by atoms with van der Waals surface area (Å²) in [6, 6.07) is 17.8. The van der Waals surface area contributed by atoms with Crippen LogP contribution in [0, 0.1) is 13.8 Å². The molecular weight excluding hydrogens is 405 g/mol. The lowest BCUT2D eigenvalue weighted by Crippen LogP contribution is -2.04. The van der Waals surface area contributed by atoms with Crippen molar-refractivity contribution in [3.8, 4) is 11.5 Å². The van der Waals surface area contributed by atoms with Gasteiger partial charge in [0.05, 0.1) is 11.6 Å². The minimum atomic E-state index is 0.386. The highest BCUT2D eigenvalue weighted by molar-refractivity contribution is 6.32. The predicted octanol–water partition coefficient (Wildman–Crippen LogP) is 7.20. The van der Waals surface area contributed by atoms with E-state index in [1.54, 1.807) is 0 Å². The molecule has 3 nitrogen and oxygen atoms in total. The maximum absolute atomic E-state index is 6.54. The van der Waals surface area contributed by atoms with Crippen LogP contribution in [0.3, 0.4) is 0 Å². The van der Waals surface area contributed by atoms with Crippen molar-refractivity contribution >= 4 is 28.9 Å². The van der Waals surface area contributed by atoms with Crippen molar-refractivity contribution in [2.24, 2.45) is 0 Å². The third-order valence-corrected chi connectivity index (χ3v) is 5.20. The third-order valence-electron chi connectivity index (χ3n) is 4.67. The molecule has 0 unspecified atom stereocenters. The number of benzene rings is 3. The highest BCUT2D eigenvalue weighted by Crippen LogP contribution is 2.37. The lowest BCUT2D eigenvalue weighted by Gasteiger charge is -2.16. The first-order valence-electron chi connectivity index (χ1n) is 9.60. The molecule has 3 aromatic carbocycles. The molecule has 0 amide bonds. The monoisotopic (exact) mass is 429 g/mol. The smallest absolute Gasteiger partial charge is 0.180 e. The number of ether oxygens (including phenoxy) is 2. The van der Waals surface area contributed by atoms with Gasteiger partial charge in [0.15, 0.2) is 11.5 Å². The lowest BCUT2D eigenvalue weighted by molar-refractivity contribution is 0.269. The molecule has 29 heavy (non-hydrogen) atoms. The van der Waals surface area contributed by atoms with Crippen LogP contribution in [0.1, 0.15) is 29.2 Å².